The number of rotatable bonds is 8. The van der Waals surface area contributed by atoms with E-state index in [1.165, 1.54) is 11.8 Å². The zero-order chi connectivity index (χ0) is 29.9. The molecule has 6 nitrogen and oxygen atoms in total. The molecule has 0 N–H and O–H groups in total. The van der Waals surface area contributed by atoms with Gasteiger partial charge in [0.25, 0.3) is 5.91 Å². The molecule has 9 heteroatoms. The number of likely N-dealkylation sites (N-methyl/N-ethyl adjacent to an activating group) is 1. The van der Waals surface area contributed by atoms with Crippen molar-refractivity contribution in [2.45, 2.75) is 26.1 Å². The van der Waals surface area contributed by atoms with E-state index < -0.39 is 5.41 Å². The number of aromatic nitrogens is 1. The van der Waals surface area contributed by atoms with E-state index in [0.717, 1.165) is 28.4 Å². The lowest BCUT2D eigenvalue weighted by atomic mass is 9.81. The minimum Gasteiger partial charge on any atom is -0.492 e. The van der Waals surface area contributed by atoms with E-state index in [1.54, 1.807) is 11.1 Å². The van der Waals surface area contributed by atoms with E-state index in [2.05, 4.69) is 4.98 Å². The van der Waals surface area contributed by atoms with Gasteiger partial charge in [-0.25, -0.2) is 9.98 Å². The highest BCUT2D eigenvalue weighted by molar-refractivity contribution is 8.18. The molecule has 0 spiro atoms. The van der Waals surface area contributed by atoms with Crippen molar-refractivity contribution in [2.24, 2.45) is 10.4 Å². The number of pyridine rings is 1. The van der Waals surface area contributed by atoms with E-state index in [0.29, 0.717) is 33.9 Å². The Morgan fingerprint density at radius 2 is 1.93 bits per heavy atom. The van der Waals surface area contributed by atoms with Gasteiger partial charge in [-0.2, -0.15) is 0 Å². The SMILES string of the molecule is Cc1c(Cl)cccc1N=C1S/C(=C\c2ccc(OCCN(C)c3ccccn3)cc2)C(=O)N1C1=CC=CC(Cl)C1(C)C. The third kappa shape index (κ3) is 6.43. The number of hydrogen-bond acceptors (Lipinski definition) is 6. The second-order valence-corrected chi connectivity index (χ2v) is 12.5. The van der Waals surface area contributed by atoms with Crippen LogP contribution in [0.1, 0.15) is 25.0 Å². The maximum atomic E-state index is 13.9. The molecule has 5 rings (SSSR count). The Morgan fingerprint density at radius 3 is 2.67 bits per heavy atom. The molecule has 0 saturated carbocycles. The summed E-state index contributed by atoms with van der Waals surface area (Å²) in [6, 6.07) is 19.1. The molecule has 1 amide bonds. The van der Waals surface area contributed by atoms with Crippen molar-refractivity contribution in [3.8, 4) is 5.75 Å². The fourth-order valence-corrected chi connectivity index (χ4v) is 5.94. The number of carbonyl (C=O) groups excluding carboxylic acids is 1. The maximum absolute atomic E-state index is 13.9. The van der Waals surface area contributed by atoms with Gasteiger partial charge in [0.05, 0.1) is 22.5 Å². The predicted octanol–water partition coefficient (Wildman–Crippen LogP) is 8.25. The summed E-state index contributed by atoms with van der Waals surface area (Å²) in [7, 11) is 1.99. The Labute approximate surface area is 261 Å². The number of allylic oxidation sites excluding steroid dienone is 4. The number of nitrogens with zero attached hydrogens (tertiary/aromatic N) is 4. The van der Waals surface area contributed by atoms with Crippen LogP contribution in [-0.4, -0.2) is 46.5 Å². The van der Waals surface area contributed by atoms with Crippen molar-refractivity contribution in [3.05, 3.63) is 112 Å². The second-order valence-electron chi connectivity index (χ2n) is 10.6. The van der Waals surface area contributed by atoms with E-state index in [4.69, 9.17) is 32.9 Å². The fraction of sp³-hybridized carbons (Fsp3) is 0.242. The molecule has 1 aliphatic heterocycles. The van der Waals surface area contributed by atoms with Crippen LogP contribution in [0.25, 0.3) is 6.08 Å². The Bertz CT molecular complexity index is 1580. The number of halogens is 2. The van der Waals surface area contributed by atoms with Crippen LogP contribution in [0.15, 0.2) is 101 Å². The van der Waals surface area contributed by atoms with E-state index in [1.807, 2.05) is 118 Å². The Hall–Kier alpha value is -3.52. The first kappa shape index (κ1) is 30.0. The number of hydrogen-bond donors (Lipinski definition) is 0. The number of amides is 1. The summed E-state index contributed by atoms with van der Waals surface area (Å²) in [6.45, 7) is 7.21. The second kappa shape index (κ2) is 12.8. The first-order chi connectivity index (χ1) is 20.1. The van der Waals surface area contributed by atoms with Gasteiger partial charge in [0.1, 0.15) is 18.2 Å². The smallest absolute Gasteiger partial charge is 0.271 e. The summed E-state index contributed by atoms with van der Waals surface area (Å²) >= 11 is 14.4. The molecule has 2 aromatic carbocycles. The van der Waals surface area contributed by atoms with Crippen LogP contribution in [0.5, 0.6) is 5.75 Å². The van der Waals surface area contributed by atoms with Gasteiger partial charge in [0, 0.05) is 29.4 Å². The highest BCUT2D eigenvalue weighted by atomic mass is 35.5. The topological polar surface area (TPSA) is 58.0 Å². The van der Waals surface area contributed by atoms with Crippen molar-refractivity contribution in [1.29, 1.82) is 0 Å². The molecule has 216 valence electrons. The lowest BCUT2D eigenvalue weighted by Crippen LogP contribution is -2.40. The molecule has 0 radical (unpaired) electrons. The lowest BCUT2D eigenvalue weighted by Gasteiger charge is -2.37. The maximum Gasteiger partial charge on any atom is 0.271 e. The predicted molar refractivity (Wildman–Crippen MR) is 176 cm³/mol. The van der Waals surface area contributed by atoms with E-state index in [9.17, 15) is 4.79 Å². The number of thioether (sulfide) groups is 1. The van der Waals surface area contributed by atoms with Gasteiger partial charge in [-0.15, -0.1) is 11.6 Å². The number of benzene rings is 2. The van der Waals surface area contributed by atoms with Crippen LogP contribution < -0.4 is 9.64 Å². The molecular weight excluding hydrogens is 587 g/mol. The summed E-state index contributed by atoms with van der Waals surface area (Å²) < 4.78 is 5.95. The summed E-state index contributed by atoms with van der Waals surface area (Å²) in [6.07, 6.45) is 9.44. The number of anilines is 1. The summed E-state index contributed by atoms with van der Waals surface area (Å²) in [5.74, 6) is 1.51. The number of aliphatic imine (C=N–C) groups is 1. The van der Waals surface area contributed by atoms with Crippen LogP contribution in [-0.2, 0) is 4.79 Å². The van der Waals surface area contributed by atoms with Crippen LogP contribution in [0.3, 0.4) is 0 Å². The van der Waals surface area contributed by atoms with Gasteiger partial charge in [-0.1, -0.05) is 61.9 Å². The first-order valence-corrected chi connectivity index (χ1v) is 15.2. The number of carbonyl (C=O) groups is 1. The molecule has 2 aliphatic rings. The average molecular weight is 620 g/mol. The van der Waals surface area contributed by atoms with Gasteiger partial charge < -0.3 is 9.64 Å². The fourth-order valence-electron chi connectivity index (χ4n) is 4.59. The van der Waals surface area contributed by atoms with Crippen molar-refractivity contribution in [3.63, 3.8) is 0 Å². The summed E-state index contributed by atoms with van der Waals surface area (Å²) in [5, 5.41) is 0.918. The standard InChI is InChI=1S/C33H32Cl2N4O2S/c1-22-25(34)9-7-10-26(22)37-32-39(29-12-8-11-28(35)33(29,2)3)31(40)27(42-32)21-23-14-16-24(17-15-23)41-20-19-38(4)30-13-5-6-18-36-30/h5-18,21,28H,19-20H2,1-4H3/b27-21-,37-32?. The summed E-state index contributed by atoms with van der Waals surface area (Å²) in [4.78, 5) is 27.5. The lowest BCUT2D eigenvalue weighted by molar-refractivity contribution is -0.121. The van der Waals surface area contributed by atoms with Crippen molar-refractivity contribution < 1.29 is 9.53 Å². The molecule has 1 fully saturated rings. The molecular formula is C33H32Cl2N4O2S. The highest BCUT2D eigenvalue weighted by Crippen LogP contribution is 2.45. The molecule has 42 heavy (non-hydrogen) atoms. The Morgan fingerprint density at radius 1 is 1.14 bits per heavy atom. The quantitative estimate of drug-likeness (QED) is 0.188. The van der Waals surface area contributed by atoms with E-state index >= 15 is 0 Å². The molecule has 1 atom stereocenters. The van der Waals surface area contributed by atoms with Crippen molar-refractivity contribution in [2.75, 3.05) is 25.1 Å². The number of ether oxygens (including phenoxy) is 1. The molecule has 1 saturated heterocycles. The Kier molecular flexibility index (Phi) is 9.11. The van der Waals surface area contributed by atoms with Gasteiger partial charge in [-0.05, 0) is 78.4 Å². The van der Waals surface area contributed by atoms with Crippen LogP contribution in [0.4, 0.5) is 11.5 Å². The zero-order valence-corrected chi connectivity index (χ0v) is 26.2. The third-order valence-corrected chi connectivity index (χ3v) is 9.37. The molecule has 1 aromatic heterocycles. The number of amidine groups is 1. The van der Waals surface area contributed by atoms with Crippen LogP contribution in [0.2, 0.25) is 5.02 Å². The van der Waals surface area contributed by atoms with Gasteiger partial charge in [-0.3, -0.25) is 9.69 Å². The monoisotopic (exact) mass is 618 g/mol. The third-order valence-electron chi connectivity index (χ3n) is 7.30. The largest absolute Gasteiger partial charge is 0.492 e. The van der Waals surface area contributed by atoms with Gasteiger partial charge in [0.15, 0.2) is 5.17 Å². The molecule has 1 unspecified atom stereocenters. The molecule has 3 aromatic rings. The minimum atomic E-state index is -0.490. The van der Waals surface area contributed by atoms with Crippen LogP contribution in [0, 0.1) is 12.3 Å². The normalized spacial score (nSPS) is 19.9. The minimum absolute atomic E-state index is 0.144. The molecule has 2 heterocycles. The Balaban J connectivity index is 1.37. The average Bonchev–Trinajstić information content (AvgIpc) is 3.27. The number of alkyl halides is 1. The van der Waals surface area contributed by atoms with Crippen LogP contribution >= 0.6 is 35.0 Å². The van der Waals surface area contributed by atoms with Gasteiger partial charge in [0.2, 0.25) is 0 Å². The molecule has 1 aliphatic carbocycles. The van der Waals surface area contributed by atoms with Gasteiger partial charge >= 0.3 is 0 Å². The van der Waals surface area contributed by atoms with E-state index in [-0.39, 0.29) is 11.3 Å². The summed E-state index contributed by atoms with van der Waals surface area (Å²) in [5.41, 5.74) is 2.76. The van der Waals surface area contributed by atoms with Crippen molar-refractivity contribution >= 4 is 63.6 Å². The first-order valence-electron chi connectivity index (χ1n) is 13.6. The highest BCUT2D eigenvalue weighted by Gasteiger charge is 2.44. The zero-order valence-electron chi connectivity index (χ0n) is 23.9. The van der Waals surface area contributed by atoms with Crippen molar-refractivity contribution in [1.82, 2.24) is 9.88 Å². The molecule has 0 bridgehead atoms.